The van der Waals surface area contributed by atoms with Crippen LogP contribution >= 0.6 is 15.9 Å². The van der Waals surface area contributed by atoms with E-state index in [2.05, 4.69) is 35.1 Å². The largest absolute Gasteiger partial charge is 0.314 e. The average Bonchev–Trinajstić information content (AvgIpc) is 2.38. The molecular weight excluding hydrogens is 308 g/mol. The lowest BCUT2D eigenvalue weighted by molar-refractivity contribution is -0.385. The Morgan fingerprint density at radius 3 is 2.68 bits per heavy atom. The first-order valence-corrected chi connectivity index (χ1v) is 7.54. The summed E-state index contributed by atoms with van der Waals surface area (Å²) in [4.78, 5) is 10.8. The summed E-state index contributed by atoms with van der Waals surface area (Å²) in [5.41, 5.74) is 1.00. The summed E-state index contributed by atoms with van der Waals surface area (Å²) in [5, 5.41) is 14.6. The van der Waals surface area contributed by atoms with Crippen molar-refractivity contribution >= 4 is 21.6 Å². The smallest absolute Gasteiger partial charge is 0.273 e. The minimum absolute atomic E-state index is 0.203. The van der Waals surface area contributed by atoms with Gasteiger partial charge in [0.15, 0.2) is 0 Å². The Bertz CT molecular complexity index is 424. The summed E-state index contributed by atoms with van der Waals surface area (Å²) >= 11 is 3.28. The van der Waals surface area contributed by atoms with Gasteiger partial charge in [-0.25, -0.2) is 0 Å². The first-order valence-electron chi connectivity index (χ1n) is 6.74. The fourth-order valence-electron chi connectivity index (χ4n) is 2.12. The lowest BCUT2D eigenvalue weighted by Gasteiger charge is -2.17. The zero-order chi connectivity index (χ0) is 14.3. The van der Waals surface area contributed by atoms with Crippen LogP contribution in [0.25, 0.3) is 0 Å². The van der Waals surface area contributed by atoms with Crippen molar-refractivity contribution in [1.29, 1.82) is 0 Å². The second-order valence-corrected chi connectivity index (χ2v) is 5.59. The monoisotopic (exact) mass is 328 g/mol. The van der Waals surface area contributed by atoms with Crippen LogP contribution in [0.1, 0.15) is 38.7 Å². The van der Waals surface area contributed by atoms with E-state index in [0.29, 0.717) is 12.5 Å². The predicted molar refractivity (Wildman–Crippen MR) is 81.5 cm³/mol. The van der Waals surface area contributed by atoms with Crippen molar-refractivity contribution in [3.05, 3.63) is 38.3 Å². The van der Waals surface area contributed by atoms with Gasteiger partial charge in [-0.05, 0) is 31.9 Å². The van der Waals surface area contributed by atoms with E-state index in [1.165, 1.54) is 0 Å². The maximum Gasteiger partial charge on any atom is 0.273 e. The van der Waals surface area contributed by atoms with Gasteiger partial charge in [0.25, 0.3) is 5.69 Å². The molecule has 0 aliphatic carbocycles. The van der Waals surface area contributed by atoms with E-state index in [4.69, 9.17) is 0 Å². The molecule has 1 rings (SSSR count). The van der Waals surface area contributed by atoms with Crippen LogP contribution in [-0.2, 0) is 6.42 Å². The zero-order valence-corrected chi connectivity index (χ0v) is 13.1. The molecule has 0 radical (unpaired) electrons. The molecule has 1 unspecified atom stereocenters. The molecule has 0 saturated carbocycles. The molecule has 4 nitrogen and oxygen atoms in total. The van der Waals surface area contributed by atoms with Crippen molar-refractivity contribution in [2.45, 2.75) is 45.6 Å². The van der Waals surface area contributed by atoms with Gasteiger partial charge < -0.3 is 5.32 Å². The third-order valence-electron chi connectivity index (χ3n) is 3.03. The number of halogens is 1. The third-order valence-corrected chi connectivity index (χ3v) is 3.52. The summed E-state index contributed by atoms with van der Waals surface area (Å²) in [5.74, 6) is 0. The van der Waals surface area contributed by atoms with E-state index in [0.717, 1.165) is 35.8 Å². The summed E-state index contributed by atoms with van der Waals surface area (Å²) in [6, 6.07) is 5.60. The molecule has 0 spiro atoms. The van der Waals surface area contributed by atoms with E-state index in [1.807, 2.05) is 12.1 Å². The third kappa shape index (κ3) is 5.28. The first-order chi connectivity index (χ1) is 9.08. The molecule has 0 bridgehead atoms. The van der Waals surface area contributed by atoms with Gasteiger partial charge >= 0.3 is 0 Å². The highest BCUT2D eigenvalue weighted by Crippen LogP contribution is 2.25. The molecule has 1 aromatic carbocycles. The molecule has 19 heavy (non-hydrogen) atoms. The van der Waals surface area contributed by atoms with Crippen molar-refractivity contribution in [3.8, 4) is 0 Å². The van der Waals surface area contributed by atoms with Crippen LogP contribution in [0.2, 0.25) is 0 Å². The van der Waals surface area contributed by atoms with E-state index < -0.39 is 0 Å². The highest BCUT2D eigenvalue weighted by Gasteiger charge is 2.17. The van der Waals surface area contributed by atoms with E-state index in [9.17, 15) is 10.1 Å². The summed E-state index contributed by atoms with van der Waals surface area (Å²) in [6.07, 6.45) is 3.89. The molecule has 0 saturated heterocycles. The van der Waals surface area contributed by atoms with Gasteiger partial charge in [0, 0.05) is 22.1 Å². The van der Waals surface area contributed by atoms with Gasteiger partial charge in [0.1, 0.15) is 0 Å². The minimum atomic E-state index is -0.303. The SMILES string of the molecule is CCCNC(CCC)Cc1ccc(Br)cc1[N+](=O)[O-]. The van der Waals surface area contributed by atoms with Crippen LogP contribution < -0.4 is 5.32 Å². The fraction of sp³-hybridized carbons (Fsp3) is 0.571. The van der Waals surface area contributed by atoms with Crippen molar-refractivity contribution < 1.29 is 4.92 Å². The van der Waals surface area contributed by atoms with E-state index in [-0.39, 0.29) is 10.6 Å². The molecule has 0 aliphatic rings. The van der Waals surface area contributed by atoms with Crippen molar-refractivity contribution in [2.75, 3.05) is 6.54 Å². The molecule has 1 N–H and O–H groups in total. The number of nitro groups is 1. The molecule has 0 aromatic heterocycles. The average molecular weight is 329 g/mol. The Labute approximate surface area is 122 Å². The molecular formula is C14H21BrN2O2. The highest BCUT2D eigenvalue weighted by molar-refractivity contribution is 9.10. The number of nitrogens with zero attached hydrogens (tertiary/aromatic N) is 1. The minimum Gasteiger partial charge on any atom is -0.314 e. The zero-order valence-electron chi connectivity index (χ0n) is 11.5. The van der Waals surface area contributed by atoms with Crippen LogP contribution in [0.3, 0.4) is 0 Å². The van der Waals surface area contributed by atoms with Gasteiger partial charge in [-0.15, -0.1) is 0 Å². The number of nitro benzene ring substituents is 1. The molecule has 5 heteroatoms. The molecule has 1 atom stereocenters. The topological polar surface area (TPSA) is 55.2 Å². The Kier molecular flexibility index (Phi) is 7.02. The highest BCUT2D eigenvalue weighted by atomic mass is 79.9. The summed E-state index contributed by atoms with van der Waals surface area (Å²) in [6.45, 7) is 5.21. The van der Waals surface area contributed by atoms with E-state index >= 15 is 0 Å². The van der Waals surface area contributed by atoms with Crippen molar-refractivity contribution in [2.24, 2.45) is 0 Å². The van der Waals surface area contributed by atoms with Crippen molar-refractivity contribution in [3.63, 3.8) is 0 Å². The quantitative estimate of drug-likeness (QED) is 0.578. The summed E-state index contributed by atoms with van der Waals surface area (Å²) in [7, 11) is 0. The van der Waals surface area contributed by atoms with Crippen LogP contribution in [0.5, 0.6) is 0 Å². The maximum absolute atomic E-state index is 11.1. The first kappa shape index (κ1) is 16.1. The predicted octanol–water partition coefficient (Wildman–Crippen LogP) is 4.07. The molecule has 0 fully saturated rings. The lowest BCUT2D eigenvalue weighted by atomic mass is 10.0. The van der Waals surface area contributed by atoms with Gasteiger partial charge in [-0.2, -0.15) is 0 Å². The van der Waals surface area contributed by atoms with Crippen LogP contribution in [-0.4, -0.2) is 17.5 Å². The van der Waals surface area contributed by atoms with Crippen molar-refractivity contribution in [1.82, 2.24) is 5.32 Å². The molecule has 0 aliphatic heterocycles. The van der Waals surface area contributed by atoms with E-state index in [1.54, 1.807) is 6.07 Å². The standard InChI is InChI=1S/C14H21BrN2O2/c1-3-5-13(16-8-4-2)9-11-6-7-12(15)10-14(11)17(18)19/h6-7,10,13,16H,3-5,8-9H2,1-2H3. The number of hydrogen-bond donors (Lipinski definition) is 1. The van der Waals surface area contributed by atoms with Crippen LogP contribution in [0.4, 0.5) is 5.69 Å². The Morgan fingerprint density at radius 1 is 1.37 bits per heavy atom. The van der Waals surface area contributed by atoms with Gasteiger partial charge in [0.05, 0.1) is 4.92 Å². The molecule has 1 aromatic rings. The second-order valence-electron chi connectivity index (χ2n) is 4.67. The number of benzene rings is 1. The second kappa shape index (κ2) is 8.27. The van der Waals surface area contributed by atoms with Crippen LogP contribution in [0.15, 0.2) is 22.7 Å². The van der Waals surface area contributed by atoms with Gasteiger partial charge in [-0.3, -0.25) is 10.1 Å². The van der Waals surface area contributed by atoms with Gasteiger partial charge in [0.2, 0.25) is 0 Å². The molecule has 0 heterocycles. The lowest BCUT2D eigenvalue weighted by Crippen LogP contribution is -2.31. The van der Waals surface area contributed by atoms with Crippen LogP contribution in [0, 0.1) is 10.1 Å². The maximum atomic E-state index is 11.1. The summed E-state index contributed by atoms with van der Waals surface area (Å²) < 4.78 is 0.747. The molecule has 106 valence electrons. The Morgan fingerprint density at radius 2 is 2.11 bits per heavy atom. The number of rotatable bonds is 8. The van der Waals surface area contributed by atoms with Gasteiger partial charge in [-0.1, -0.05) is 42.3 Å². The number of hydrogen-bond acceptors (Lipinski definition) is 3. The Hall–Kier alpha value is -0.940. The fourth-order valence-corrected chi connectivity index (χ4v) is 2.47. The number of nitrogens with one attached hydrogen (secondary N) is 1. The Balaban J connectivity index is 2.85. The normalized spacial score (nSPS) is 12.4. The molecule has 0 amide bonds.